The Hall–Kier alpha value is -4.07. The van der Waals surface area contributed by atoms with Crippen molar-refractivity contribution in [3.05, 3.63) is 77.7 Å². The van der Waals surface area contributed by atoms with Crippen molar-refractivity contribution < 1.29 is 19.1 Å². The lowest BCUT2D eigenvalue weighted by Crippen LogP contribution is -2.14. The second-order valence-electron chi connectivity index (χ2n) is 6.07. The van der Waals surface area contributed by atoms with Gasteiger partial charge in [0.1, 0.15) is 11.5 Å². The van der Waals surface area contributed by atoms with E-state index in [4.69, 9.17) is 0 Å². The van der Waals surface area contributed by atoms with Gasteiger partial charge in [0.05, 0.1) is 25.1 Å². The molecule has 29 heavy (non-hydrogen) atoms. The average molecular weight is 390 g/mol. The predicted octanol–water partition coefficient (Wildman–Crippen LogP) is 3.46. The van der Waals surface area contributed by atoms with Gasteiger partial charge in [0.25, 0.3) is 5.91 Å². The van der Waals surface area contributed by atoms with Gasteiger partial charge in [-0.15, -0.1) is 0 Å². The second-order valence-corrected chi connectivity index (χ2v) is 6.07. The fourth-order valence-electron chi connectivity index (χ4n) is 2.48. The van der Waals surface area contributed by atoms with Gasteiger partial charge in [0.15, 0.2) is 5.78 Å². The number of Topliss-reactive ketones (excluding diaryl/α,β-unsaturated/α-hetero) is 1. The van der Waals surface area contributed by atoms with E-state index in [9.17, 15) is 14.4 Å². The maximum atomic E-state index is 12.3. The first-order valence-corrected chi connectivity index (χ1v) is 8.66. The van der Waals surface area contributed by atoms with Crippen LogP contribution in [0, 0.1) is 0 Å². The lowest BCUT2D eigenvalue weighted by molar-refractivity contribution is 0.0600. The number of amides is 1. The highest BCUT2D eigenvalue weighted by Crippen LogP contribution is 2.16. The summed E-state index contributed by atoms with van der Waals surface area (Å²) in [5, 5.41) is 5.72. The lowest BCUT2D eigenvalue weighted by Gasteiger charge is -2.08. The van der Waals surface area contributed by atoms with Crippen molar-refractivity contribution in [1.29, 1.82) is 0 Å². The maximum absolute atomic E-state index is 12.3. The molecule has 1 amide bonds. The molecule has 8 nitrogen and oxygen atoms in total. The number of ketones is 1. The molecule has 3 aromatic rings. The molecule has 0 atom stereocenters. The maximum Gasteiger partial charge on any atom is 0.337 e. The fraction of sp³-hybridized carbons (Fsp3) is 0.0952. The molecule has 2 aromatic carbocycles. The normalized spacial score (nSPS) is 10.1. The zero-order valence-corrected chi connectivity index (χ0v) is 15.8. The molecule has 146 valence electrons. The highest BCUT2D eigenvalue weighted by atomic mass is 16.5. The highest BCUT2D eigenvalue weighted by Gasteiger charge is 2.10. The molecular formula is C21H18N4O4. The quantitative estimate of drug-likeness (QED) is 0.490. The number of carbonyl (C=O) groups excluding carboxylic acids is 3. The van der Waals surface area contributed by atoms with E-state index in [1.165, 1.54) is 26.4 Å². The first-order chi connectivity index (χ1) is 14.0. The Bertz CT molecular complexity index is 1050. The van der Waals surface area contributed by atoms with Crippen LogP contribution in [-0.2, 0) is 4.74 Å². The zero-order chi connectivity index (χ0) is 20.8. The standard InChI is InChI=1S/C21H18N4O4/c1-13(26)15-4-3-5-17(10-15)24-19-12-22-18(11-23-19)20(27)25-16-8-6-14(7-9-16)21(28)29-2/h3-12H,1-2H3,(H,23,24)(H,25,27). The van der Waals surface area contributed by atoms with Gasteiger partial charge >= 0.3 is 5.97 Å². The number of esters is 1. The Kier molecular flexibility index (Phi) is 5.94. The molecule has 0 unspecified atom stereocenters. The van der Waals surface area contributed by atoms with E-state index in [0.717, 1.165) is 0 Å². The third-order valence-corrected chi connectivity index (χ3v) is 3.99. The number of ether oxygens (including phenoxy) is 1. The Labute approximate surface area is 167 Å². The first-order valence-electron chi connectivity index (χ1n) is 8.66. The minimum atomic E-state index is -0.453. The number of anilines is 3. The summed E-state index contributed by atoms with van der Waals surface area (Å²) in [6.45, 7) is 1.50. The number of rotatable bonds is 6. The summed E-state index contributed by atoms with van der Waals surface area (Å²) in [6.07, 6.45) is 2.77. The molecular weight excluding hydrogens is 372 g/mol. The summed E-state index contributed by atoms with van der Waals surface area (Å²) < 4.78 is 4.63. The summed E-state index contributed by atoms with van der Waals surface area (Å²) in [5.41, 5.74) is 2.29. The van der Waals surface area contributed by atoms with Crippen molar-refractivity contribution in [3.8, 4) is 0 Å². The van der Waals surface area contributed by atoms with E-state index in [1.54, 1.807) is 48.5 Å². The summed E-state index contributed by atoms with van der Waals surface area (Å²) >= 11 is 0. The van der Waals surface area contributed by atoms with Crippen LogP contribution < -0.4 is 10.6 Å². The lowest BCUT2D eigenvalue weighted by atomic mass is 10.1. The second kappa shape index (κ2) is 8.75. The number of methoxy groups -OCH3 is 1. The number of hydrogen-bond acceptors (Lipinski definition) is 7. The highest BCUT2D eigenvalue weighted by molar-refractivity contribution is 6.03. The van der Waals surface area contributed by atoms with Crippen molar-refractivity contribution >= 4 is 34.9 Å². The summed E-state index contributed by atoms with van der Waals surface area (Å²) in [7, 11) is 1.30. The third kappa shape index (κ3) is 5.01. The van der Waals surface area contributed by atoms with Crippen molar-refractivity contribution in [2.24, 2.45) is 0 Å². The van der Waals surface area contributed by atoms with Gasteiger partial charge in [-0.2, -0.15) is 0 Å². The molecule has 0 fully saturated rings. The topological polar surface area (TPSA) is 110 Å². The molecule has 1 heterocycles. The van der Waals surface area contributed by atoms with Crippen molar-refractivity contribution in [1.82, 2.24) is 9.97 Å². The van der Waals surface area contributed by atoms with Crippen LogP contribution in [0.4, 0.5) is 17.2 Å². The SMILES string of the molecule is COC(=O)c1ccc(NC(=O)c2cnc(Nc3cccc(C(C)=O)c3)cn2)cc1. The van der Waals surface area contributed by atoms with Crippen LogP contribution in [-0.4, -0.2) is 34.7 Å². The molecule has 0 bridgehead atoms. The summed E-state index contributed by atoms with van der Waals surface area (Å²) in [5.74, 6) is -0.491. The van der Waals surface area contributed by atoms with E-state index >= 15 is 0 Å². The third-order valence-electron chi connectivity index (χ3n) is 3.99. The molecule has 0 aliphatic heterocycles. The zero-order valence-electron chi connectivity index (χ0n) is 15.8. The van der Waals surface area contributed by atoms with E-state index < -0.39 is 11.9 Å². The van der Waals surface area contributed by atoms with Crippen molar-refractivity contribution in [2.75, 3.05) is 17.7 Å². The van der Waals surface area contributed by atoms with Crippen molar-refractivity contribution in [3.63, 3.8) is 0 Å². The molecule has 2 N–H and O–H groups in total. The largest absolute Gasteiger partial charge is 0.465 e. The van der Waals surface area contributed by atoms with Crippen LogP contribution in [0.2, 0.25) is 0 Å². The Morgan fingerprint density at radius 2 is 1.66 bits per heavy atom. The van der Waals surface area contributed by atoms with Crippen LogP contribution in [0.3, 0.4) is 0 Å². The predicted molar refractivity (Wildman–Crippen MR) is 107 cm³/mol. The van der Waals surface area contributed by atoms with Crippen LogP contribution >= 0.6 is 0 Å². The van der Waals surface area contributed by atoms with E-state index in [1.807, 2.05) is 0 Å². The molecule has 0 saturated heterocycles. The number of nitrogens with zero attached hydrogens (tertiary/aromatic N) is 2. The summed E-state index contributed by atoms with van der Waals surface area (Å²) in [4.78, 5) is 43.5. The van der Waals surface area contributed by atoms with Gasteiger partial charge in [-0.05, 0) is 43.3 Å². The van der Waals surface area contributed by atoms with Crippen molar-refractivity contribution in [2.45, 2.75) is 6.92 Å². The van der Waals surface area contributed by atoms with Gasteiger partial charge < -0.3 is 15.4 Å². The number of hydrogen-bond donors (Lipinski definition) is 2. The summed E-state index contributed by atoms with van der Waals surface area (Å²) in [6, 6.07) is 13.3. The fourth-order valence-corrected chi connectivity index (χ4v) is 2.48. The molecule has 3 rings (SSSR count). The molecule has 1 aromatic heterocycles. The first kappa shape index (κ1) is 19.7. The number of benzene rings is 2. The van der Waals surface area contributed by atoms with Gasteiger partial charge in [0.2, 0.25) is 0 Å². The van der Waals surface area contributed by atoms with E-state index in [-0.39, 0.29) is 11.5 Å². The molecule has 8 heteroatoms. The van der Waals surface area contributed by atoms with Gasteiger partial charge in [-0.1, -0.05) is 12.1 Å². The number of carbonyl (C=O) groups is 3. The molecule has 0 aliphatic rings. The van der Waals surface area contributed by atoms with Gasteiger partial charge in [0, 0.05) is 16.9 Å². The molecule has 0 aliphatic carbocycles. The van der Waals surface area contributed by atoms with E-state index in [0.29, 0.717) is 28.3 Å². The number of nitrogens with one attached hydrogen (secondary N) is 2. The minimum absolute atomic E-state index is 0.0358. The molecule has 0 saturated carbocycles. The Balaban J connectivity index is 1.65. The van der Waals surface area contributed by atoms with Gasteiger partial charge in [-0.3, -0.25) is 9.59 Å². The molecule has 0 radical (unpaired) electrons. The van der Waals surface area contributed by atoms with Crippen LogP contribution in [0.5, 0.6) is 0 Å². The monoisotopic (exact) mass is 390 g/mol. The van der Waals surface area contributed by atoms with E-state index in [2.05, 4.69) is 25.3 Å². The molecule has 0 spiro atoms. The smallest absolute Gasteiger partial charge is 0.337 e. The number of aromatic nitrogens is 2. The Morgan fingerprint density at radius 3 is 2.28 bits per heavy atom. The van der Waals surface area contributed by atoms with Crippen LogP contribution in [0.25, 0.3) is 0 Å². The minimum Gasteiger partial charge on any atom is -0.465 e. The van der Waals surface area contributed by atoms with Gasteiger partial charge in [-0.25, -0.2) is 14.8 Å². The van der Waals surface area contributed by atoms with Crippen LogP contribution in [0.15, 0.2) is 60.9 Å². The van der Waals surface area contributed by atoms with Crippen LogP contribution in [0.1, 0.15) is 38.1 Å². The Morgan fingerprint density at radius 1 is 0.897 bits per heavy atom. The average Bonchev–Trinajstić information content (AvgIpc) is 2.74.